The summed E-state index contributed by atoms with van der Waals surface area (Å²) in [5, 5.41) is 9.59. The van der Waals surface area contributed by atoms with E-state index in [2.05, 4.69) is 20.8 Å². The summed E-state index contributed by atoms with van der Waals surface area (Å²) >= 11 is 0. The van der Waals surface area contributed by atoms with Crippen LogP contribution in [0.1, 0.15) is 30.3 Å². The summed E-state index contributed by atoms with van der Waals surface area (Å²) in [6.45, 7) is 2.24. The van der Waals surface area contributed by atoms with E-state index < -0.39 is 0 Å². The molecular weight excluding hydrogens is 363 g/mol. The van der Waals surface area contributed by atoms with Crippen molar-refractivity contribution in [3.05, 3.63) is 59.7 Å². The minimum Gasteiger partial charge on any atom is -0.493 e. The number of benzene rings is 2. The molecule has 1 aliphatic heterocycles. The fourth-order valence-electron chi connectivity index (χ4n) is 3.18. The maximum atomic E-state index is 13.7. The third-order valence-electron chi connectivity index (χ3n) is 4.45. The fourth-order valence-corrected chi connectivity index (χ4v) is 3.18. The monoisotopic (exact) mass is 382 g/mol. The smallest absolute Gasteiger partial charge is 0.319 e. The van der Waals surface area contributed by atoms with Crippen molar-refractivity contribution in [1.29, 1.82) is 0 Å². The van der Waals surface area contributed by atoms with Crippen molar-refractivity contribution in [3.63, 3.8) is 0 Å². The standard InChI is InChI=1S/C20H19FN4O3/c1-12-22-19(25-28-12)13-4-2-5-15(10-13)23-20(26)24-17-6-3-9-27-18-8-7-14(21)11-16(17)18/h2,4-5,7-8,10-11,17H,3,6,9H2,1H3,(H2,23,24,26). The number of hydrogen-bond donors (Lipinski definition) is 2. The van der Waals surface area contributed by atoms with Gasteiger partial charge in [-0.1, -0.05) is 17.3 Å². The van der Waals surface area contributed by atoms with Gasteiger partial charge in [-0.25, -0.2) is 9.18 Å². The van der Waals surface area contributed by atoms with Gasteiger partial charge in [-0.05, 0) is 43.2 Å². The van der Waals surface area contributed by atoms with Crippen LogP contribution in [-0.4, -0.2) is 22.8 Å². The highest BCUT2D eigenvalue weighted by Crippen LogP contribution is 2.32. The van der Waals surface area contributed by atoms with Crippen molar-refractivity contribution in [2.75, 3.05) is 11.9 Å². The van der Waals surface area contributed by atoms with Crippen LogP contribution in [0.15, 0.2) is 47.0 Å². The molecule has 1 unspecified atom stereocenters. The molecule has 2 heterocycles. The van der Waals surface area contributed by atoms with Crippen LogP contribution in [0.3, 0.4) is 0 Å². The number of nitrogens with one attached hydrogen (secondary N) is 2. The molecule has 28 heavy (non-hydrogen) atoms. The van der Waals surface area contributed by atoms with Gasteiger partial charge in [0.25, 0.3) is 0 Å². The summed E-state index contributed by atoms with van der Waals surface area (Å²) in [7, 11) is 0. The van der Waals surface area contributed by atoms with E-state index in [9.17, 15) is 9.18 Å². The lowest BCUT2D eigenvalue weighted by molar-refractivity contribution is 0.247. The zero-order valence-electron chi connectivity index (χ0n) is 15.2. The Morgan fingerprint density at radius 3 is 2.96 bits per heavy atom. The van der Waals surface area contributed by atoms with Crippen LogP contribution in [-0.2, 0) is 0 Å². The minimum absolute atomic E-state index is 0.337. The highest BCUT2D eigenvalue weighted by Gasteiger charge is 2.22. The van der Waals surface area contributed by atoms with Crippen LogP contribution in [0.5, 0.6) is 5.75 Å². The van der Waals surface area contributed by atoms with Gasteiger partial charge >= 0.3 is 6.03 Å². The van der Waals surface area contributed by atoms with Crippen LogP contribution < -0.4 is 15.4 Å². The van der Waals surface area contributed by atoms with Crippen molar-refractivity contribution >= 4 is 11.7 Å². The predicted molar refractivity (Wildman–Crippen MR) is 100 cm³/mol. The van der Waals surface area contributed by atoms with Gasteiger partial charge in [-0.3, -0.25) is 0 Å². The number of carbonyl (C=O) groups is 1. The first-order valence-electron chi connectivity index (χ1n) is 8.99. The summed E-state index contributed by atoms with van der Waals surface area (Å²) in [6.07, 6.45) is 1.42. The molecule has 1 atom stereocenters. The summed E-state index contributed by atoms with van der Waals surface area (Å²) < 4.78 is 24.3. The minimum atomic E-state index is -0.386. The highest BCUT2D eigenvalue weighted by atomic mass is 19.1. The third-order valence-corrected chi connectivity index (χ3v) is 4.45. The second-order valence-electron chi connectivity index (χ2n) is 6.54. The number of aromatic nitrogens is 2. The zero-order valence-corrected chi connectivity index (χ0v) is 15.2. The molecule has 0 radical (unpaired) electrons. The molecule has 0 spiro atoms. The number of urea groups is 1. The average molecular weight is 382 g/mol. The Morgan fingerprint density at radius 1 is 1.25 bits per heavy atom. The normalized spacial score (nSPS) is 15.9. The maximum Gasteiger partial charge on any atom is 0.319 e. The molecule has 144 valence electrons. The van der Waals surface area contributed by atoms with Crippen LogP contribution in [0, 0.1) is 12.7 Å². The van der Waals surface area contributed by atoms with Crippen molar-refractivity contribution < 1.29 is 18.4 Å². The number of carbonyl (C=O) groups excluding carboxylic acids is 1. The number of aryl methyl sites for hydroxylation is 1. The number of amides is 2. The lowest BCUT2D eigenvalue weighted by Gasteiger charge is -2.19. The number of hydrogen-bond acceptors (Lipinski definition) is 5. The third kappa shape index (κ3) is 3.95. The average Bonchev–Trinajstić information content (AvgIpc) is 3.02. The van der Waals surface area contributed by atoms with Gasteiger partial charge in [-0.15, -0.1) is 0 Å². The molecule has 2 aromatic carbocycles. The predicted octanol–water partition coefficient (Wildman–Crippen LogP) is 4.22. The van der Waals surface area contributed by atoms with Gasteiger partial charge in [0, 0.05) is 23.7 Å². The van der Waals surface area contributed by atoms with E-state index in [0.717, 1.165) is 12.0 Å². The van der Waals surface area contributed by atoms with E-state index in [1.54, 1.807) is 31.2 Å². The Labute approximate surface area is 160 Å². The van der Waals surface area contributed by atoms with Gasteiger partial charge in [0.2, 0.25) is 11.7 Å². The van der Waals surface area contributed by atoms with Gasteiger partial charge in [0.1, 0.15) is 11.6 Å². The molecule has 8 heteroatoms. The number of anilines is 1. The summed E-state index contributed by atoms with van der Waals surface area (Å²) in [6, 6.07) is 10.8. The fraction of sp³-hybridized carbons (Fsp3) is 0.250. The lowest BCUT2D eigenvalue weighted by Crippen LogP contribution is -2.32. The first kappa shape index (κ1) is 18.0. The number of nitrogens with zero attached hydrogens (tertiary/aromatic N) is 2. The first-order valence-corrected chi connectivity index (χ1v) is 8.99. The molecule has 0 bridgehead atoms. The Morgan fingerprint density at radius 2 is 2.14 bits per heavy atom. The molecule has 3 aromatic rings. The summed E-state index contributed by atoms with van der Waals surface area (Å²) in [5.74, 6) is 1.15. The van der Waals surface area contributed by atoms with Crippen LogP contribution in [0.4, 0.5) is 14.9 Å². The van der Waals surface area contributed by atoms with Crippen molar-refractivity contribution in [1.82, 2.24) is 15.5 Å². The van der Waals surface area contributed by atoms with E-state index in [1.165, 1.54) is 12.1 Å². The van der Waals surface area contributed by atoms with E-state index in [1.807, 2.05) is 6.07 Å². The van der Waals surface area contributed by atoms with Gasteiger partial charge < -0.3 is 19.9 Å². The Kier molecular flexibility index (Phi) is 4.92. The molecule has 0 fully saturated rings. The topological polar surface area (TPSA) is 89.3 Å². The van der Waals surface area contributed by atoms with Crippen molar-refractivity contribution in [3.8, 4) is 17.1 Å². The van der Waals surface area contributed by atoms with Crippen molar-refractivity contribution in [2.45, 2.75) is 25.8 Å². The number of halogens is 1. The molecule has 0 aliphatic carbocycles. The lowest BCUT2D eigenvalue weighted by atomic mass is 10.0. The van der Waals surface area contributed by atoms with Crippen LogP contribution >= 0.6 is 0 Å². The van der Waals surface area contributed by atoms with Gasteiger partial charge in [0.05, 0.1) is 12.6 Å². The molecule has 0 saturated carbocycles. The van der Waals surface area contributed by atoms with Crippen LogP contribution in [0.25, 0.3) is 11.4 Å². The Bertz CT molecular complexity index is 1000. The molecule has 7 nitrogen and oxygen atoms in total. The van der Waals surface area contributed by atoms with Crippen LogP contribution in [0.2, 0.25) is 0 Å². The van der Waals surface area contributed by atoms with Gasteiger partial charge in [0.15, 0.2) is 0 Å². The summed E-state index contributed by atoms with van der Waals surface area (Å²) in [4.78, 5) is 16.7. The van der Waals surface area contributed by atoms with E-state index in [0.29, 0.717) is 41.7 Å². The van der Waals surface area contributed by atoms with E-state index in [-0.39, 0.29) is 17.9 Å². The first-order chi connectivity index (χ1) is 13.6. The second-order valence-corrected chi connectivity index (χ2v) is 6.54. The molecule has 2 N–H and O–H groups in total. The Balaban J connectivity index is 1.49. The molecule has 4 rings (SSSR count). The second kappa shape index (κ2) is 7.67. The molecule has 0 saturated heterocycles. The maximum absolute atomic E-state index is 13.7. The largest absolute Gasteiger partial charge is 0.493 e. The summed E-state index contributed by atoms with van der Waals surface area (Å²) in [5.41, 5.74) is 1.95. The molecule has 1 aromatic heterocycles. The van der Waals surface area contributed by atoms with Crippen molar-refractivity contribution in [2.24, 2.45) is 0 Å². The molecule has 1 aliphatic rings. The Hall–Kier alpha value is -3.42. The number of ether oxygens (including phenoxy) is 1. The highest BCUT2D eigenvalue weighted by molar-refractivity contribution is 5.90. The van der Waals surface area contributed by atoms with E-state index >= 15 is 0 Å². The number of fused-ring (bicyclic) bond motifs is 1. The number of rotatable bonds is 3. The zero-order chi connectivity index (χ0) is 19.5. The quantitative estimate of drug-likeness (QED) is 0.708. The SMILES string of the molecule is Cc1nc(-c2cccc(NC(=O)NC3CCCOc4ccc(F)cc43)c2)no1. The molecule has 2 amide bonds. The molecular formula is C20H19FN4O3. The van der Waals surface area contributed by atoms with E-state index in [4.69, 9.17) is 9.26 Å². The van der Waals surface area contributed by atoms with Gasteiger partial charge in [-0.2, -0.15) is 4.98 Å².